The molecule has 0 bridgehead atoms. The molecule has 0 radical (unpaired) electrons. The fraction of sp³-hybridized carbons (Fsp3) is 0.423. The summed E-state index contributed by atoms with van der Waals surface area (Å²) in [6.07, 6.45) is 2.07. The molecule has 0 unspecified atom stereocenters. The molecule has 1 saturated heterocycles. The van der Waals surface area contributed by atoms with Crippen LogP contribution in [0.4, 0.5) is 0 Å². The van der Waals surface area contributed by atoms with Gasteiger partial charge in [-0.3, -0.25) is 14.6 Å². The Labute approximate surface area is 196 Å². The summed E-state index contributed by atoms with van der Waals surface area (Å²) in [5.74, 6) is 0.520. The molecule has 1 aliphatic rings. The lowest BCUT2D eigenvalue weighted by atomic mass is 9.76. The number of aliphatic imine (C=N–C) groups is 1. The van der Waals surface area contributed by atoms with Crippen molar-refractivity contribution in [3.63, 3.8) is 0 Å². The molecule has 0 aromatic heterocycles. The van der Waals surface area contributed by atoms with Crippen LogP contribution in [0.1, 0.15) is 48.2 Å². The van der Waals surface area contributed by atoms with E-state index in [1.165, 1.54) is 5.56 Å². The van der Waals surface area contributed by atoms with Crippen LogP contribution in [0.25, 0.3) is 0 Å². The summed E-state index contributed by atoms with van der Waals surface area (Å²) in [6.45, 7) is 7.00. The minimum atomic E-state index is -0.114. The van der Waals surface area contributed by atoms with Crippen LogP contribution in [-0.2, 0) is 16.8 Å². The Bertz CT molecular complexity index is 952. The molecule has 1 heterocycles. The van der Waals surface area contributed by atoms with E-state index in [-0.39, 0.29) is 23.8 Å². The molecule has 7 heteroatoms. The van der Waals surface area contributed by atoms with E-state index in [0.29, 0.717) is 25.2 Å². The summed E-state index contributed by atoms with van der Waals surface area (Å²) < 4.78 is 0. The molecule has 0 spiro atoms. The minimum Gasteiger partial charge on any atom is -0.356 e. The van der Waals surface area contributed by atoms with Gasteiger partial charge in [-0.1, -0.05) is 56.3 Å². The van der Waals surface area contributed by atoms with E-state index in [2.05, 4.69) is 65.1 Å². The average Bonchev–Trinajstić information content (AvgIpc) is 2.87. The topological polar surface area (TPSA) is 85.8 Å². The first kappa shape index (κ1) is 24.3. The van der Waals surface area contributed by atoms with Crippen LogP contribution in [0, 0.1) is 0 Å². The van der Waals surface area contributed by atoms with Gasteiger partial charge >= 0.3 is 0 Å². The molecule has 2 aromatic rings. The summed E-state index contributed by atoms with van der Waals surface area (Å²) in [6, 6.07) is 18.1. The predicted octanol–water partition coefficient (Wildman–Crippen LogP) is 2.68. The van der Waals surface area contributed by atoms with Crippen LogP contribution in [0.15, 0.2) is 59.6 Å². The number of guanidine groups is 1. The lowest BCUT2D eigenvalue weighted by Gasteiger charge is -2.33. The van der Waals surface area contributed by atoms with Gasteiger partial charge in [0, 0.05) is 44.2 Å². The van der Waals surface area contributed by atoms with Gasteiger partial charge in [-0.15, -0.1) is 0 Å². The molecule has 2 aromatic carbocycles. The van der Waals surface area contributed by atoms with Crippen LogP contribution in [0.2, 0.25) is 0 Å². The highest BCUT2D eigenvalue weighted by Gasteiger charge is 2.28. The van der Waals surface area contributed by atoms with Gasteiger partial charge in [-0.25, -0.2) is 0 Å². The Hall–Kier alpha value is -3.35. The third-order valence-corrected chi connectivity index (χ3v) is 6.54. The highest BCUT2D eigenvalue weighted by atomic mass is 16.2. The number of amides is 2. The summed E-state index contributed by atoms with van der Waals surface area (Å²) in [5, 5.41) is 9.60. The molecule has 176 valence electrons. The third-order valence-electron chi connectivity index (χ3n) is 6.54. The van der Waals surface area contributed by atoms with Gasteiger partial charge in [0.1, 0.15) is 0 Å². The summed E-state index contributed by atoms with van der Waals surface area (Å²) in [5.41, 5.74) is 3.02. The number of nitrogens with zero attached hydrogens (tertiary/aromatic N) is 2. The third kappa shape index (κ3) is 6.12. The van der Waals surface area contributed by atoms with E-state index >= 15 is 0 Å². The minimum absolute atomic E-state index is 0.0479. The van der Waals surface area contributed by atoms with Crippen LogP contribution in [0.5, 0.6) is 0 Å². The maximum Gasteiger partial charge on any atom is 0.254 e. The van der Waals surface area contributed by atoms with Crippen molar-refractivity contribution >= 4 is 17.8 Å². The van der Waals surface area contributed by atoms with Crippen molar-refractivity contribution in [2.45, 2.75) is 38.6 Å². The normalized spacial score (nSPS) is 14.6. The Morgan fingerprint density at radius 2 is 1.76 bits per heavy atom. The second-order valence-electron chi connectivity index (χ2n) is 8.41. The van der Waals surface area contributed by atoms with Crippen LogP contribution in [-0.4, -0.2) is 55.9 Å². The number of nitrogens with one attached hydrogen (secondary N) is 3. The Balaban J connectivity index is 1.56. The van der Waals surface area contributed by atoms with Crippen molar-refractivity contribution in [3.05, 3.63) is 71.3 Å². The van der Waals surface area contributed by atoms with Crippen LogP contribution >= 0.6 is 0 Å². The SMILES string of the molecule is CCC(CC)(CNC(=NC)NCc1ccc(C(=O)N2CCNC(=O)C2)cc1)c1ccccc1. The van der Waals surface area contributed by atoms with Crippen molar-refractivity contribution in [2.24, 2.45) is 4.99 Å². The van der Waals surface area contributed by atoms with E-state index in [1.54, 1.807) is 11.9 Å². The van der Waals surface area contributed by atoms with E-state index in [0.717, 1.165) is 30.9 Å². The number of benzene rings is 2. The fourth-order valence-corrected chi connectivity index (χ4v) is 4.22. The second-order valence-corrected chi connectivity index (χ2v) is 8.41. The molecule has 0 aliphatic carbocycles. The van der Waals surface area contributed by atoms with E-state index in [4.69, 9.17) is 0 Å². The maximum absolute atomic E-state index is 12.6. The lowest BCUT2D eigenvalue weighted by Crippen LogP contribution is -2.49. The number of hydrogen-bond acceptors (Lipinski definition) is 3. The molecule has 7 nitrogen and oxygen atoms in total. The summed E-state index contributed by atoms with van der Waals surface area (Å²) in [4.78, 5) is 30.1. The fourth-order valence-electron chi connectivity index (χ4n) is 4.22. The van der Waals surface area contributed by atoms with Gasteiger partial charge in [0.25, 0.3) is 5.91 Å². The first-order valence-corrected chi connectivity index (χ1v) is 11.7. The summed E-state index contributed by atoms with van der Waals surface area (Å²) in [7, 11) is 1.77. The molecule has 0 atom stereocenters. The maximum atomic E-state index is 12.6. The number of piperazine rings is 1. The van der Waals surface area contributed by atoms with Gasteiger partial charge in [0.2, 0.25) is 5.91 Å². The van der Waals surface area contributed by atoms with Crippen LogP contribution < -0.4 is 16.0 Å². The monoisotopic (exact) mass is 449 g/mol. The van der Waals surface area contributed by atoms with Crippen molar-refractivity contribution in [1.29, 1.82) is 0 Å². The van der Waals surface area contributed by atoms with E-state index < -0.39 is 0 Å². The van der Waals surface area contributed by atoms with Crippen molar-refractivity contribution in [2.75, 3.05) is 33.2 Å². The summed E-state index contributed by atoms with van der Waals surface area (Å²) >= 11 is 0. The molecule has 0 saturated carbocycles. The van der Waals surface area contributed by atoms with Crippen LogP contribution in [0.3, 0.4) is 0 Å². The van der Waals surface area contributed by atoms with Gasteiger partial charge in [-0.05, 0) is 36.1 Å². The Morgan fingerprint density at radius 3 is 2.36 bits per heavy atom. The van der Waals surface area contributed by atoms with Gasteiger partial charge < -0.3 is 20.9 Å². The number of hydrogen-bond donors (Lipinski definition) is 3. The molecule has 3 rings (SSSR count). The number of carbonyl (C=O) groups is 2. The standard InChI is InChI=1S/C26H35N5O2/c1-4-26(5-2,22-9-7-6-8-10-22)19-30-25(27-3)29-17-20-11-13-21(14-12-20)24(33)31-16-15-28-23(32)18-31/h6-14H,4-5,15-19H2,1-3H3,(H,28,32)(H2,27,29,30). The average molecular weight is 450 g/mol. The highest BCUT2D eigenvalue weighted by Crippen LogP contribution is 2.30. The first-order valence-electron chi connectivity index (χ1n) is 11.7. The highest BCUT2D eigenvalue weighted by molar-refractivity contribution is 5.97. The van der Waals surface area contributed by atoms with Gasteiger partial charge in [0.15, 0.2) is 5.96 Å². The second kappa shape index (κ2) is 11.5. The first-order chi connectivity index (χ1) is 16.0. The zero-order chi connectivity index (χ0) is 23.7. The van der Waals surface area contributed by atoms with E-state index in [9.17, 15) is 9.59 Å². The van der Waals surface area contributed by atoms with Gasteiger partial charge in [-0.2, -0.15) is 0 Å². The molecule has 1 aliphatic heterocycles. The predicted molar refractivity (Wildman–Crippen MR) is 132 cm³/mol. The molecule has 1 fully saturated rings. The van der Waals surface area contributed by atoms with Crippen molar-refractivity contribution < 1.29 is 9.59 Å². The lowest BCUT2D eigenvalue weighted by molar-refractivity contribution is -0.123. The van der Waals surface area contributed by atoms with Gasteiger partial charge in [0.05, 0.1) is 6.54 Å². The molecular formula is C26H35N5O2. The quantitative estimate of drug-likeness (QED) is 0.427. The Kier molecular flexibility index (Phi) is 8.46. The molecular weight excluding hydrogens is 414 g/mol. The smallest absolute Gasteiger partial charge is 0.254 e. The zero-order valence-electron chi connectivity index (χ0n) is 19.9. The zero-order valence-corrected chi connectivity index (χ0v) is 19.9. The van der Waals surface area contributed by atoms with Crippen molar-refractivity contribution in [3.8, 4) is 0 Å². The molecule has 3 N–H and O–H groups in total. The Morgan fingerprint density at radius 1 is 1.06 bits per heavy atom. The number of rotatable bonds is 8. The largest absolute Gasteiger partial charge is 0.356 e. The number of carbonyl (C=O) groups excluding carboxylic acids is 2. The molecule has 2 amide bonds. The van der Waals surface area contributed by atoms with Crippen molar-refractivity contribution in [1.82, 2.24) is 20.9 Å². The van der Waals surface area contributed by atoms with E-state index in [1.807, 2.05) is 24.3 Å². The molecule has 33 heavy (non-hydrogen) atoms.